The Kier molecular flexibility index (Phi) is 3.80. The highest BCUT2D eigenvalue weighted by atomic mass is 16.1. The van der Waals surface area contributed by atoms with Gasteiger partial charge in [0.25, 0.3) is 0 Å². The minimum atomic E-state index is 0.198. The Morgan fingerprint density at radius 1 is 1.57 bits per heavy atom. The second-order valence-electron chi connectivity index (χ2n) is 3.95. The number of hydrogen-bond acceptors (Lipinski definition) is 3. The van der Waals surface area contributed by atoms with Crippen LogP contribution in [0.25, 0.3) is 0 Å². The average molecular weight is 195 g/mol. The van der Waals surface area contributed by atoms with Crippen LogP contribution in [0.15, 0.2) is 6.33 Å². The topological polar surface area (TPSA) is 47.8 Å². The van der Waals surface area contributed by atoms with E-state index in [0.717, 1.165) is 12.4 Å². The van der Waals surface area contributed by atoms with Crippen molar-refractivity contribution in [1.29, 1.82) is 0 Å². The molecule has 0 radical (unpaired) electrons. The summed E-state index contributed by atoms with van der Waals surface area (Å²) in [5, 5.41) is 4.13. The first-order valence-electron chi connectivity index (χ1n) is 4.95. The Labute approximate surface area is 84.3 Å². The van der Waals surface area contributed by atoms with Gasteiger partial charge in [0.05, 0.1) is 0 Å². The number of nitrogens with zero attached hydrogens (tertiary/aromatic N) is 3. The summed E-state index contributed by atoms with van der Waals surface area (Å²) in [5.74, 6) is 1.66. The van der Waals surface area contributed by atoms with Crippen molar-refractivity contribution in [2.45, 2.75) is 40.2 Å². The molecule has 0 atom stereocenters. The molecule has 0 amide bonds. The second kappa shape index (κ2) is 4.88. The molecule has 0 saturated carbocycles. The number of aromatic nitrogens is 3. The first kappa shape index (κ1) is 10.9. The van der Waals surface area contributed by atoms with Crippen LogP contribution < -0.4 is 0 Å². The molecule has 0 N–H and O–H groups in total. The Morgan fingerprint density at radius 3 is 2.86 bits per heavy atom. The third kappa shape index (κ3) is 3.28. The Hall–Kier alpha value is -1.19. The fraction of sp³-hybridized carbons (Fsp3) is 0.700. The van der Waals surface area contributed by atoms with E-state index < -0.39 is 0 Å². The molecular weight excluding hydrogens is 178 g/mol. The van der Waals surface area contributed by atoms with Gasteiger partial charge in [0.2, 0.25) is 0 Å². The lowest BCUT2D eigenvalue weighted by Gasteiger charge is -2.07. The molecule has 4 nitrogen and oxygen atoms in total. The average Bonchev–Trinajstić information content (AvgIpc) is 2.47. The van der Waals surface area contributed by atoms with Crippen molar-refractivity contribution in [2.75, 3.05) is 0 Å². The molecule has 0 saturated heterocycles. The maximum atomic E-state index is 10.8. The fourth-order valence-corrected chi connectivity index (χ4v) is 1.27. The minimum absolute atomic E-state index is 0.198. The van der Waals surface area contributed by atoms with Crippen molar-refractivity contribution in [3.63, 3.8) is 0 Å². The van der Waals surface area contributed by atoms with Gasteiger partial charge in [-0.05, 0) is 12.8 Å². The molecule has 0 aliphatic heterocycles. The van der Waals surface area contributed by atoms with E-state index in [9.17, 15) is 4.79 Å². The number of Topliss-reactive ketones (excluding diaryl/α,β-unsaturated/α-hetero) is 1. The lowest BCUT2D eigenvalue weighted by atomic mass is 10.2. The van der Waals surface area contributed by atoms with Crippen molar-refractivity contribution in [1.82, 2.24) is 14.8 Å². The van der Waals surface area contributed by atoms with Gasteiger partial charge >= 0.3 is 0 Å². The van der Waals surface area contributed by atoms with Crippen LogP contribution in [0.1, 0.15) is 33.0 Å². The predicted octanol–water partition coefficient (Wildman–Crippen LogP) is 1.46. The minimum Gasteiger partial charge on any atom is -0.300 e. The highest BCUT2D eigenvalue weighted by molar-refractivity contribution is 5.75. The Balaban J connectivity index is 2.58. The number of aryl methyl sites for hydroxylation is 1. The zero-order valence-electron chi connectivity index (χ0n) is 9.03. The van der Waals surface area contributed by atoms with Crippen molar-refractivity contribution < 1.29 is 4.79 Å². The molecule has 78 valence electrons. The SMILES string of the molecule is CC(=O)CCc1ncnn1CC(C)C. The molecule has 4 heteroatoms. The summed E-state index contributed by atoms with van der Waals surface area (Å²) in [6.07, 6.45) is 2.80. The van der Waals surface area contributed by atoms with Gasteiger partial charge < -0.3 is 4.79 Å². The predicted molar refractivity (Wildman–Crippen MR) is 53.9 cm³/mol. The zero-order valence-corrected chi connectivity index (χ0v) is 9.03. The maximum Gasteiger partial charge on any atom is 0.138 e. The van der Waals surface area contributed by atoms with Crippen molar-refractivity contribution >= 4 is 5.78 Å². The maximum absolute atomic E-state index is 10.8. The summed E-state index contributed by atoms with van der Waals surface area (Å²) < 4.78 is 1.88. The summed E-state index contributed by atoms with van der Waals surface area (Å²) in [5.41, 5.74) is 0. The smallest absolute Gasteiger partial charge is 0.138 e. The van der Waals surface area contributed by atoms with Crippen LogP contribution in [0.3, 0.4) is 0 Å². The third-order valence-corrected chi connectivity index (χ3v) is 1.93. The standard InChI is InChI=1S/C10H17N3O/c1-8(2)6-13-10(11-7-12-13)5-4-9(3)14/h7-8H,4-6H2,1-3H3. The monoisotopic (exact) mass is 195 g/mol. The van der Waals surface area contributed by atoms with Crippen LogP contribution in [-0.4, -0.2) is 20.5 Å². The highest BCUT2D eigenvalue weighted by Gasteiger charge is 2.06. The molecule has 1 aromatic rings. The summed E-state index contributed by atoms with van der Waals surface area (Å²) in [6.45, 7) is 6.74. The number of ketones is 1. The first-order valence-corrected chi connectivity index (χ1v) is 4.95. The summed E-state index contributed by atoms with van der Waals surface area (Å²) >= 11 is 0. The van der Waals surface area contributed by atoms with Crippen molar-refractivity contribution in [2.24, 2.45) is 5.92 Å². The largest absolute Gasteiger partial charge is 0.300 e. The van der Waals surface area contributed by atoms with Crippen LogP contribution >= 0.6 is 0 Å². The van der Waals surface area contributed by atoms with Crippen LogP contribution in [-0.2, 0) is 17.8 Å². The Morgan fingerprint density at radius 2 is 2.29 bits per heavy atom. The molecule has 0 unspecified atom stereocenters. The van der Waals surface area contributed by atoms with E-state index in [0.29, 0.717) is 18.8 Å². The lowest BCUT2D eigenvalue weighted by Crippen LogP contribution is -2.11. The highest BCUT2D eigenvalue weighted by Crippen LogP contribution is 2.03. The molecule has 14 heavy (non-hydrogen) atoms. The molecule has 1 heterocycles. The molecule has 1 aromatic heterocycles. The van der Waals surface area contributed by atoms with Gasteiger partial charge in [0.1, 0.15) is 17.9 Å². The number of rotatable bonds is 5. The molecule has 0 fully saturated rings. The number of hydrogen-bond donors (Lipinski definition) is 0. The number of carbonyl (C=O) groups excluding carboxylic acids is 1. The van der Waals surface area contributed by atoms with Gasteiger partial charge in [0.15, 0.2) is 0 Å². The van der Waals surface area contributed by atoms with E-state index >= 15 is 0 Å². The first-order chi connectivity index (χ1) is 6.59. The molecule has 0 aliphatic rings. The van der Waals surface area contributed by atoms with E-state index in [-0.39, 0.29) is 5.78 Å². The van der Waals surface area contributed by atoms with E-state index in [2.05, 4.69) is 23.9 Å². The summed E-state index contributed by atoms with van der Waals surface area (Å²) in [7, 11) is 0. The molecule has 0 aromatic carbocycles. The van der Waals surface area contributed by atoms with Gasteiger partial charge in [-0.25, -0.2) is 9.67 Å². The normalized spacial score (nSPS) is 10.9. The van der Waals surface area contributed by atoms with Crippen LogP contribution in [0.4, 0.5) is 0 Å². The molecule has 0 aliphatic carbocycles. The lowest BCUT2D eigenvalue weighted by molar-refractivity contribution is -0.117. The zero-order chi connectivity index (χ0) is 10.6. The molecule has 1 rings (SSSR count). The van der Waals surface area contributed by atoms with Gasteiger partial charge in [-0.15, -0.1) is 0 Å². The van der Waals surface area contributed by atoms with Gasteiger partial charge in [-0.3, -0.25) is 0 Å². The van der Waals surface area contributed by atoms with E-state index in [1.807, 2.05) is 4.68 Å². The number of carbonyl (C=O) groups is 1. The summed E-state index contributed by atoms with van der Waals surface area (Å²) in [6, 6.07) is 0. The summed E-state index contributed by atoms with van der Waals surface area (Å²) in [4.78, 5) is 15.0. The van der Waals surface area contributed by atoms with E-state index in [1.165, 1.54) is 0 Å². The molecular formula is C10H17N3O. The second-order valence-corrected chi connectivity index (χ2v) is 3.95. The van der Waals surface area contributed by atoms with Crippen molar-refractivity contribution in [3.8, 4) is 0 Å². The quantitative estimate of drug-likeness (QED) is 0.714. The molecule has 0 bridgehead atoms. The molecule has 0 spiro atoms. The van der Waals surface area contributed by atoms with Crippen molar-refractivity contribution in [3.05, 3.63) is 12.2 Å². The van der Waals surface area contributed by atoms with Crippen LogP contribution in [0.2, 0.25) is 0 Å². The van der Waals surface area contributed by atoms with Crippen LogP contribution in [0, 0.1) is 5.92 Å². The van der Waals surface area contributed by atoms with Gasteiger partial charge in [-0.1, -0.05) is 13.8 Å². The fourth-order valence-electron chi connectivity index (χ4n) is 1.27. The van der Waals surface area contributed by atoms with E-state index in [4.69, 9.17) is 0 Å². The Bertz CT molecular complexity index is 304. The third-order valence-electron chi connectivity index (χ3n) is 1.93. The van der Waals surface area contributed by atoms with Crippen LogP contribution in [0.5, 0.6) is 0 Å². The van der Waals surface area contributed by atoms with Gasteiger partial charge in [-0.2, -0.15) is 5.10 Å². The van der Waals surface area contributed by atoms with E-state index in [1.54, 1.807) is 13.3 Å². The van der Waals surface area contributed by atoms with Gasteiger partial charge in [0, 0.05) is 19.4 Å².